The molecule has 22 heavy (non-hydrogen) atoms. The van der Waals surface area contributed by atoms with Crippen LogP contribution in [-0.4, -0.2) is 8.32 Å². The van der Waals surface area contributed by atoms with E-state index in [1.165, 1.54) is 69.5 Å². The van der Waals surface area contributed by atoms with Crippen molar-refractivity contribution in [3.8, 4) is 5.75 Å². The second kappa shape index (κ2) is 11.8. The Morgan fingerprint density at radius 1 is 0.727 bits per heavy atom. The molecule has 0 amide bonds. The molecule has 0 heterocycles. The number of unbranched alkanes of at least 4 members (excludes halogenated alkanes) is 7. The van der Waals surface area contributed by atoms with Crippen molar-refractivity contribution in [2.24, 2.45) is 0 Å². The van der Waals surface area contributed by atoms with Crippen molar-refractivity contribution < 1.29 is 4.43 Å². The zero-order valence-electron chi connectivity index (χ0n) is 15.1. The predicted octanol–water partition coefficient (Wildman–Crippen LogP) is 7.19. The zero-order valence-corrected chi connectivity index (χ0v) is 16.1. The summed E-state index contributed by atoms with van der Waals surface area (Å²) in [5, 5.41) is 0. The Balaban J connectivity index is 2.28. The van der Waals surface area contributed by atoms with Gasteiger partial charge in [-0.25, -0.2) is 0 Å². The summed E-state index contributed by atoms with van der Waals surface area (Å²) in [4.78, 5) is 0. The first kappa shape index (κ1) is 19.3. The normalized spacial score (nSPS) is 11.6. The van der Waals surface area contributed by atoms with Gasteiger partial charge in [0.1, 0.15) is 5.75 Å². The van der Waals surface area contributed by atoms with Gasteiger partial charge in [-0.3, -0.25) is 0 Å². The first-order valence-corrected chi connectivity index (χ1v) is 12.0. The molecule has 0 radical (unpaired) electrons. The maximum Gasteiger partial charge on any atom is 0.250 e. The van der Waals surface area contributed by atoms with E-state index in [4.69, 9.17) is 4.43 Å². The van der Waals surface area contributed by atoms with E-state index in [0.29, 0.717) is 0 Å². The van der Waals surface area contributed by atoms with Crippen LogP contribution in [-0.2, 0) is 0 Å². The second-order valence-electron chi connectivity index (χ2n) is 6.53. The van der Waals surface area contributed by atoms with E-state index in [9.17, 15) is 0 Å². The Morgan fingerprint density at radius 3 is 1.82 bits per heavy atom. The Bertz CT molecular complexity index is 359. The molecular weight excluding hydrogens is 284 g/mol. The van der Waals surface area contributed by atoms with E-state index in [1.54, 1.807) is 0 Å². The van der Waals surface area contributed by atoms with Gasteiger partial charge in [-0.2, -0.15) is 0 Å². The Hall–Kier alpha value is -0.763. The first-order valence-electron chi connectivity index (χ1n) is 9.50. The molecule has 0 N–H and O–H groups in total. The van der Waals surface area contributed by atoms with Crippen LogP contribution in [0.1, 0.15) is 72.1 Å². The molecule has 1 aromatic rings. The summed E-state index contributed by atoms with van der Waals surface area (Å²) in [6.45, 7) is 6.93. The van der Waals surface area contributed by atoms with Crippen molar-refractivity contribution >= 4 is 8.32 Å². The van der Waals surface area contributed by atoms with Gasteiger partial charge in [0, 0.05) is 0 Å². The van der Waals surface area contributed by atoms with Crippen molar-refractivity contribution in [2.45, 2.75) is 90.3 Å². The molecule has 0 atom stereocenters. The van der Waals surface area contributed by atoms with Crippen LogP contribution in [0.2, 0.25) is 18.1 Å². The van der Waals surface area contributed by atoms with Crippen LogP contribution in [0.3, 0.4) is 0 Å². The minimum Gasteiger partial charge on any atom is -0.543 e. The van der Waals surface area contributed by atoms with E-state index >= 15 is 0 Å². The van der Waals surface area contributed by atoms with Crippen LogP contribution in [0, 0.1) is 0 Å². The maximum atomic E-state index is 6.50. The second-order valence-corrected chi connectivity index (χ2v) is 11.0. The molecule has 0 spiro atoms. The van der Waals surface area contributed by atoms with Gasteiger partial charge in [0.05, 0.1) is 0 Å². The van der Waals surface area contributed by atoms with E-state index < -0.39 is 8.32 Å². The van der Waals surface area contributed by atoms with Gasteiger partial charge in [0.25, 0.3) is 8.32 Å². The van der Waals surface area contributed by atoms with Crippen LogP contribution in [0.5, 0.6) is 5.75 Å². The smallest absolute Gasteiger partial charge is 0.250 e. The Morgan fingerprint density at radius 2 is 1.27 bits per heavy atom. The average Bonchev–Trinajstić information content (AvgIpc) is 2.57. The number of hydrogen-bond acceptors (Lipinski definition) is 1. The van der Waals surface area contributed by atoms with Crippen LogP contribution in [0.4, 0.5) is 0 Å². The lowest BCUT2D eigenvalue weighted by molar-refractivity contribution is 0.518. The highest BCUT2D eigenvalue weighted by Gasteiger charge is 2.32. The molecule has 0 aliphatic carbocycles. The van der Waals surface area contributed by atoms with Crippen LogP contribution >= 0.6 is 0 Å². The molecule has 0 aromatic heterocycles. The number of rotatable bonds is 13. The van der Waals surface area contributed by atoms with Crippen molar-refractivity contribution in [1.82, 2.24) is 0 Å². The van der Waals surface area contributed by atoms with E-state index in [0.717, 1.165) is 5.75 Å². The Kier molecular flexibility index (Phi) is 10.3. The minimum absolute atomic E-state index is 1.08. The van der Waals surface area contributed by atoms with Crippen LogP contribution in [0.15, 0.2) is 30.3 Å². The van der Waals surface area contributed by atoms with Gasteiger partial charge < -0.3 is 4.43 Å². The topological polar surface area (TPSA) is 9.23 Å². The van der Waals surface area contributed by atoms with Gasteiger partial charge in [-0.15, -0.1) is 0 Å². The number of para-hydroxylation sites is 1. The monoisotopic (exact) mass is 320 g/mol. The zero-order chi connectivity index (χ0) is 16.1. The molecule has 2 heteroatoms. The fraction of sp³-hybridized carbons (Fsp3) is 0.700. The van der Waals surface area contributed by atoms with Crippen LogP contribution < -0.4 is 4.43 Å². The molecule has 0 aliphatic rings. The third kappa shape index (κ3) is 7.48. The van der Waals surface area contributed by atoms with E-state index in [2.05, 4.69) is 51.1 Å². The molecule has 0 aliphatic heterocycles. The summed E-state index contributed by atoms with van der Waals surface area (Å²) < 4.78 is 6.50. The lowest BCUT2D eigenvalue weighted by Gasteiger charge is -2.30. The van der Waals surface area contributed by atoms with Gasteiger partial charge in [0.2, 0.25) is 0 Å². The molecule has 0 bridgehead atoms. The average molecular weight is 321 g/mol. The number of hydrogen-bond donors (Lipinski definition) is 0. The van der Waals surface area contributed by atoms with Gasteiger partial charge >= 0.3 is 0 Å². The van der Waals surface area contributed by atoms with Crippen molar-refractivity contribution in [3.63, 3.8) is 0 Å². The molecular formula is C20H36OSi. The summed E-state index contributed by atoms with van der Waals surface area (Å²) >= 11 is 0. The molecule has 0 unspecified atom stereocenters. The van der Waals surface area contributed by atoms with Gasteiger partial charge in [-0.1, -0.05) is 90.3 Å². The SMILES string of the molecule is CCCCCCCCCC[Si](CC)(CC)Oc1ccccc1. The highest BCUT2D eigenvalue weighted by Crippen LogP contribution is 2.27. The maximum absolute atomic E-state index is 6.50. The standard InChI is InChI=1S/C20H36OSi/c1-4-7-8-9-10-11-12-16-19-22(5-2,6-3)21-20-17-14-13-15-18-20/h13-15,17-18H,4-12,16,19H2,1-3H3. The summed E-state index contributed by atoms with van der Waals surface area (Å²) in [7, 11) is -1.57. The molecule has 0 fully saturated rings. The highest BCUT2D eigenvalue weighted by atomic mass is 28.4. The number of benzene rings is 1. The first-order chi connectivity index (χ1) is 10.8. The van der Waals surface area contributed by atoms with E-state index in [1.807, 2.05) is 0 Å². The summed E-state index contributed by atoms with van der Waals surface area (Å²) in [5.41, 5.74) is 0. The molecule has 1 nitrogen and oxygen atoms in total. The third-order valence-corrected chi connectivity index (χ3v) is 9.36. The van der Waals surface area contributed by atoms with Crippen molar-refractivity contribution in [1.29, 1.82) is 0 Å². The fourth-order valence-electron chi connectivity index (χ4n) is 3.12. The lowest BCUT2D eigenvalue weighted by atomic mass is 10.1. The lowest BCUT2D eigenvalue weighted by Crippen LogP contribution is -2.40. The van der Waals surface area contributed by atoms with Crippen molar-refractivity contribution in [2.75, 3.05) is 0 Å². The molecule has 0 saturated heterocycles. The quantitative estimate of drug-likeness (QED) is 0.276. The predicted molar refractivity (Wildman–Crippen MR) is 101 cm³/mol. The molecule has 0 saturated carbocycles. The minimum atomic E-state index is -1.57. The third-order valence-electron chi connectivity index (χ3n) is 4.85. The summed E-state index contributed by atoms with van der Waals surface area (Å²) in [6.07, 6.45) is 11.2. The Labute approximate surface area is 139 Å². The van der Waals surface area contributed by atoms with Crippen molar-refractivity contribution in [3.05, 3.63) is 30.3 Å². The van der Waals surface area contributed by atoms with Crippen LogP contribution in [0.25, 0.3) is 0 Å². The molecule has 1 rings (SSSR count). The van der Waals surface area contributed by atoms with Gasteiger partial charge in [0.15, 0.2) is 0 Å². The summed E-state index contributed by atoms with van der Waals surface area (Å²) in [5.74, 6) is 1.08. The summed E-state index contributed by atoms with van der Waals surface area (Å²) in [6, 6.07) is 14.2. The highest BCUT2D eigenvalue weighted by molar-refractivity contribution is 6.74. The molecule has 126 valence electrons. The molecule has 1 aromatic carbocycles. The fourth-order valence-corrected chi connectivity index (χ4v) is 6.25. The largest absolute Gasteiger partial charge is 0.543 e. The van der Waals surface area contributed by atoms with Gasteiger partial charge in [-0.05, 0) is 30.3 Å². The van der Waals surface area contributed by atoms with E-state index in [-0.39, 0.29) is 0 Å².